The molecule has 0 bridgehead atoms. The van der Waals surface area contributed by atoms with Crippen LogP contribution in [0.2, 0.25) is 0 Å². The van der Waals surface area contributed by atoms with Crippen LogP contribution in [0.15, 0.2) is 48.5 Å². The maximum atomic E-state index is 3.50. The molecule has 4 N–H and O–H groups in total. The molecule has 3 nitrogen and oxygen atoms in total. The van der Waals surface area contributed by atoms with E-state index in [-0.39, 0.29) is 25.0 Å². The minimum absolute atomic E-state index is 0. The molecule has 0 spiro atoms. The number of hydrogen-bond acceptors (Lipinski definition) is 1. The number of H-pyrrole nitrogens is 1. The molecule has 3 rings (SSSR count). The predicted molar refractivity (Wildman–Crippen MR) is 87.3 cm³/mol. The summed E-state index contributed by atoms with van der Waals surface area (Å²) >= 11 is 0. The zero-order valence-electron chi connectivity index (χ0n) is 12.9. The van der Waals surface area contributed by atoms with E-state index in [2.05, 4.69) is 59.7 Å². The van der Waals surface area contributed by atoms with Crippen LogP contribution in [-0.2, 0) is 32.4 Å². The number of aryl methyl sites for hydroxylation is 1. The minimum Gasteiger partial charge on any atom is -0.412 e. The number of hydrogen-bond donors (Lipinski definition) is 2. The normalized spacial score (nSPS) is 10.0. The molecule has 22 heavy (non-hydrogen) atoms. The van der Waals surface area contributed by atoms with Crippen LogP contribution in [0.5, 0.6) is 0 Å². The predicted octanol–water partition coefficient (Wildman–Crippen LogP) is 2.78. The van der Waals surface area contributed by atoms with Crippen molar-refractivity contribution in [1.82, 2.24) is 10.3 Å². The maximum absolute atomic E-state index is 3.50. The standard InChI is InChI=1S/C18H19N2.H2O.Zn/c1-14-16(17-9-5-6-10-18(17)20-14)11-12-19-13-15-7-3-2-4-8-15;;/h3-10,19-20H,11-13H2,1H3;1H2;/q-1;;. The van der Waals surface area contributed by atoms with Gasteiger partial charge in [0.05, 0.1) is 0 Å². The Morgan fingerprint density at radius 1 is 1.09 bits per heavy atom. The van der Waals surface area contributed by atoms with Crippen LogP contribution >= 0.6 is 0 Å². The van der Waals surface area contributed by atoms with Crippen LogP contribution < -0.4 is 5.32 Å². The van der Waals surface area contributed by atoms with Gasteiger partial charge in [0.1, 0.15) is 0 Å². The van der Waals surface area contributed by atoms with E-state index in [1.54, 1.807) is 0 Å². The smallest absolute Gasteiger partial charge is 0.0458 e. The van der Waals surface area contributed by atoms with Crippen molar-refractivity contribution in [3.63, 3.8) is 0 Å². The van der Waals surface area contributed by atoms with Gasteiger partial charge >= 0.3 is 0 Å². The van der Waals surface area contributed by atoms with Crippen molar-refractivity contribution in [1.29, 1.82) is 0 Å². The molecular formula is C18H21N2OZn-. The number of aromatic nitrogens is 1. The summed E-state index contributed by atoms with van der Waals surface area (Å²) in [6.45, 7) is 4.06. The SMILES string of the molecule is Cc1[nH]c2ccccc2c1CCNCc1cc[c-]cc1.O.[Zn]. The van der Waals surface area contributed by atoms with Crippen LogP contribution in [0, 0.1) is 13.0 Å². The Hall–Kier alpha value is -1.48. The van der Waals surface area contributed by atoms with Gasteiger partial charge in [-0.25, -0.2) is 0 Å². The first-order valence-corrected chi connectivity index (χ1v) is 7.06. The van der Waals surface area contributed by atoms with Gasteiger partial charge in [0.2, 0.25) is 0 Å². The van der Waals surface area contributed by atoms with Crippen molar-refractivity contribution in [2.75, 3.05) is 6.54 Å². The van der Waals surface area contributed by atoms with Crippen molar-refractivity contribution in [2.45, 2.75) is 19.9 Å². The van der Waals surface area contributed by atoms with Gasteiger partial charge in [0.25, 0.3) is 0 Å². The third kappa shape index (κ3) is 4.26. The van der Waals surface area contributed by atoms with E-state index in [0.29, 0.717) is 0 Å². The molecule has 0 aliphatic rings. The molecule has 0 aliphatic heterocycles. The molecule has 0 aliphatic carbocycles. The Labute approximate surface area is 144 Å². The van der Waals surface area contributed by atoms with Gasteiger partial charge in [-0.15, -0.1) is 5.56 Å². The molecule has 0 radical (unpaired) electrons. The van der Waals surface area contributed by atoms with E-state index >= 15 is 0 Å². The van der Waals surface area contributed by atoms with Gasteiger partial charge in [-0.3, -0.25) is 0 Å². The number of rotatable bonds is 5. The molecule has 0 unspecified atom stereocenters. The van der Waals surface area contributed by atoms with Crippen molar-refractivity contribution in [3.8, 4) is 0 Å². The summed E-state index contributed by atoms with van der Waals surface area (Å²) in [6.07, 6.45) is 1.05. The fraction of sp³-hybridized carbons (Fsp3) is 0.222. The largest absolute Gasteiger partial charge is 0.412 e. The van der Waals surface area contributed by atoms with Crippen LogP contribution in [0.25, 0.3) is 10.9 Å². The second kappa shape index (κ2) is 8.84. The Kier molecular flexibility index (Phi) is 7.47. The maximum Gasteiger partial charge on any atom is 0.0458 e. The quantitative estimate of drug-likeness (QED) is 0.416. The molecule has 0 fully saturated rings. The van der Waals surface area contributed by atoms with E-state index in [1.165, 1.54) is 27.7 Å². The van der Waals surface area contributed by atoms with E-state index < -0.39 is 0 Å². The second-order valence-electron chi connectivity index (χ2n) is 5.11. The summed E-state index contributed by atoms with van der Waals surface area (Å²) in [5, 5.41) is 4.85. The molecule has 0 amide bonds. The van der Waals surface area contributed by atoms with E-state index in [0.717, 1.165) is 19.5 Å². The molecule has 0 saturated carbocycles. The molecule has 3 aromatic rings. The van der Waals surface area contributed by atoms with Gasteiger partial charge < -0.3 is 15.8 Å². The third-order valence-electron chi connectivity index (χ3n) is 3.70. The summed E-state index contributed by atoms with van der Waals surface area (Å²) in [7, 11) is 0. The van der Waals surface area contributed by atoms with Gasteiger partial charge in [-0.05, 0) is 38.1 Å². The molecule has 0 atom stereocenters. The van der Waals surface area contributed by atoms with Crippen LogP contribution in [0.4, 0.5) is 0 Å². The Morgan fingerprint density at radius 2 is 1.82 bits per heavy atom. The Bertz CT molecular complexity index is 695. The average molecular weight is 347 g/mol. The topological polar surface area (TPSA) is 59.3 Å². The van der Waals surface area contributed by atoms with Crippen molar-refractivity contribution in [2.24, 2.45) is 0 Å². The molecule has 4 heteroatoms. The zero-order chi connectivity index (χ0) is 13.8. The first-order chi connectivity index (χ1) is 9.84. The van der Waals surface area contributed by atoms with Crippen LogP contribution in [-0.4, -0.2) is 17.0 Å². The van der Waals surface area contributed by atoms with Crippen molar-refractivity contribution in [3.05, 3.63) is 71.4 Å². The van der Waals surface area contributed by atoms with Crippen LogP contribution in [0.3, 0.4) is 0 Å². The number of fused-ring (bicyclic) bond motifs is 1. The first kappa shape index (κ1) is 18.6. The van der Waals surface area contributed by atoms with E-state index in [4.69, 9.17) is 0 Å². The fourth-order valence-electron chi connectivity index (χ4n) is 2.64. The van der Waals surface area contributed by atoms with Gasteiger partial charge in [0, 0.05) is 36.1 Å². The molecular weight excluding hydrogens is 326 g/mol. The summed E-state index contributed by atoms with van der Waals surface area (Å²) in [6, 6.07) is 19.7. The monoisotopic (exact) mass is 345 g/mol. The Balaban J connectivity index is 0.00000121. The fourth-order valence-corrected chi connectivity index (χ4v) is 2.64. The molecule has 2 aromatic carbocycles. The Morgan fingerprint density at radius 3 is 2.59 bits per heavy atom. The summed E-state index contributed by atoms with van der Waals surface area (Å²) in [4.78, 5) is 3.45. The average Bonchev–Trinajstić information content (AvgIpc) is 2.80. The van der Waals surface area contributed by atoms with Gasteiger partial charge in [-0.2, -0.15) is 30.3 Å². The van der Waals surface area contributed by atoms with Crippen molar-refractivity contribution >= 4 is 10.9 Å². The molecule has 1 heterocycles. The number of benzene rings is 2. The zero-order valence-corrected chi connectivity index (χ0v) is 15.9. The number of para-hydroxylation sites is 1. The van der Waals surface area contributed by atoms with E-state index in [1.807, 2.05) is 12.1 Å². The first-order valence-electron chi connectivity index (χ1n) is 7.06. The van der Waals surface area contributed by atoms with Crippen LogP contribution in [0.1, 0.15) is 16.8 Å². The minimum atomic E-state index is 0. The third-order valence-corrected chi connectivity index (χ3v) is 3.70. The molecule has 1 aromatic heterocycles. The van der Waals surface area contributed by atoms with Gasteiger partial charge in [-0.1, -0.05) is 18.2 Å². The molecule has 112 valence electrons. The summed E-state index contributed by atoms with van der Waals surface area (Å²) in [5.41, 5.74) is 5.25. The number of nitrogens with one attached hydrogen (secondary N) is 2. The second-order valence-corrected chi connectivity index (χ2v) is 5.11. The number of aromatic amines is 1. The summed E-state index contributed by atoms with van der Waals surface area (Å²) < 4.78 is 0. The summed E-state index contributed by atoms with van der Waals surface area (Å²) in [5.74, 6) is 0. The van der Waals surface area contributed by atoms with E-state index in [9.17, 15) is 0 Å². The van der Waals surface area contributed by atoms with Gasteiger partial charge in [0.15, 0.2) is 0 Å². The molecule has 0 saturated heterocycles. The van der Waals surface area contributed by atoms with Crippen molar-refractivity contribution < 1.29 is 25.0 Å².